The minimum absolute atomic E-state index is 0.480. The topological polar surface area (TPSA) is 21.3 Å². The second kappa shape index (κ2) is 5.94. The average Bonchev–Trinajstić information content (AvgIpc) is 3.13. The SMILES string of the molecule is COc1cc(C(C)C)c(CNCC2CC2)cc1Cl. The first-order valence-electron chi connectivity index (χ1n) is 6.68. The zero-order valence-corrected chi connectivity index (χ0v) is 12.2. The molecule has 18 heavy (non-hydrogen) atoms. The predicted octanol–water partition coefficient (Wildman–Crippen LogP) is 3.97. The van der Waals surface area contributed by atoms with Gasteiger partial charge in [0.1, 0.15) is 5.75 Å². The number of benzene rings is 1. The van der Waals surface area contributed by atoms with Gasteiger partial charge in [0.2, 0.25) is 0 Å². The van der Waals surface area contributed by atoms with Gasteiger partial charge in [-0.25, -0.2) is 0 Å². The minimum Gasteiger partial charge on any atom is -0.495 e. The molecule has 1 aromatic rings. The Kier molecular flexibility index (Phi) is 4.52. The lowest BCUT2D eigenvalue weighted by Gasteiger charge is -2.16. The molecule has 1 aliphatic carbocycles. The first kappa shape index (κ1) is 13.7. The number of hydrogen-bond donors (Lipinski definition) is 1. The molecule has 100 valence electrons. The minimum atomic E-state index is 0.480. The quantitative estimate of drug-likeness (QED) is 0.842. The first-order chi connectivity index (χ1) is 8.61. The number of ether oxygens (including phenoxy) is 1. The van der Waals surface area contributed by atoms with Crippen molar-refractivity contribution in [2.75, 3.05) is 13.7 Å². The summed E-state index contributed by atoms with van der Waals surface area (Å²) in [5.41, 5.74) is 2.61. The average molecular weight is 268 g/mol. The molecule has 1 fully saturated rings. The maximum atomic E-state index is 6.21. The highest BCUT2D eigenvalue weighted by molar-refractivity contribution is 6.32. The molecular weight excluding hydrogens is 246 g/mol. The van der Waals surface area contributed by atoms with Crippen molar-refractivity contribution in [3.05, 3.63) is 28.3 Å². The summed E-state index contributed by atoms with van der Waals surface area (Å²) in [6.45, 7) is 6.43. The van der Waals surface area contributed by atoms with Crippen LogP contribution in [0.2, 0.25) is 5.02 Å². The van der Waals surface area contributed by atoms with Crippen LogP contribution in [0.25, 0.3) is 0 Å². The van der Waals surface area contributed by atoms with Gasteiger partial charge in [0.25, 0.3) is 0 Å². The summed E-state index contributed by atoms with van der Waals surface area (Å²) in [5.74, 6) is 2.15. The molecule has 1 N–H and O–H groups in total. The standard InChI is InChI=1S/C15H22ClNO/c1-10(2)13-7-15(18-3)14(16)6-12(13)9-17-8-11-4-5-11/h6-7,10-11,17H,4-5,8-9H2,1-3H3. The summed E-state index contributed by atoms with van der Waals surface area (Å²) in [4.78, 5) is 0. The third-order valence-electron chi connectivity index (χ3n) is 3.48. The van der Waals surface area contributed by atoms with Crippen LogP contribution in [0.15, 0.2) is 12.1 Å². The van der Waals surface area contributed by atoms with E-state index in [0.717, 1.165) is 24.8 Å². The van der Waals surface area contributed by atoms with Crippen LogP contribution >= 0.6 is 11.6 Å². The van der Waals surface area contributed by atoms with E-state index in [9.17, 15) is 0 Å². The number of methoxy groups -OCH3 is 1. The number of halogens is 1. The smallest absolute Gasteiger partial charge is 0.137 e. The second-order valence-corrected chi connectivity index (χ2v) is 5.82. The fraction of sp³-hybridized carbons (Fsp3) is 0.600. The van der Waals surface area contributed by atoms with Crippen molar-refractivity contribution in [3.8, 4) is 5.75 Å². The molecule has 1 aromatic carbocycles. The van der Waals surface area contributed by atoms with Gasteiger partial charge in [-0.3, -0.25) is 0 Å². The van der Waals surface area contributed by atoms with Crippen LogP contribution in [0.3, 0.4) is 0 Å². The lowest BCUT2D eigenvalue weighted by Crippen LogP contribution is -2.17. The van der Waals surface area contributed by atoms with Gasteiger partial charge in [0, 0.05) is 6.54 Å². The third-order valence-corrected chi connectivity index (χ3v) is 3.78. The lowest BCUT2D eigenvalue weighted by atomic mass is 9.96. The largest absolute Gasteiger partial charge is 0.495 e. The van der Waals surface area contributed by atoms with E-state index in [0.29, 0.717) is 10.9 Å². The monoisotopic (exact) mass is 267 g/mol. The Hall–Kier alpha value is -0.730. The van der Waals surface area contributed by atoms with Crippen molar-refractivity contribution in [2.24, 2.45) is 5.92 Å². The Morgan fingerprint density at radius 1 is 1.39 bits per heavy atom. The van der Waals surface area contributed by atoms with Crippen molar-refractivity contribution in [2.45, 2.75) is 39.2 Å². The normalized spacial score (nSPS) is 15.2. The van der Waals surface area contributed by atoms with E-state index in [2.05, 4.69) is 25.2 Å². The van der Waals surface area contributed by atoms with Crippen molar-refractivity contribution in [3.63, 3.8) is 0 Å². The van der Waals surface area contributed by atoms with Crippen LogP contribution in [-0.4, -0.2) is 13.7 Å². The zero-order valence-electron chi connectivity index (χ0n) is 11.4. The van der Waals surface area contributed by atoms with Gasteiger partial charge in [-0.1, -0.05) is 25.4 Å². The Morgan fingerprint density at radius 3 is 2.67 bits per heavy atom. The van der Waals surface area contributed by atoms with Gasteiger partial charge >= 0.3 is 0 Å². The summed E-state index contributed by atoms with van der Waals surface area (Å²) in [6.07, 6.45) is 2.76. The van der Waals surface area contributed by atoms with E-state index in [1.165, 1.54) is 24.0 Å². The maximum Gasteiger partial charge on any atom is 0.137 e. The predicted molar refractivity (Wildman–Crippen MR) is 76.5 cm³/mol. The van der Waals surface area contributed by atoms with E-state index >= 15 is 0 Å². The van der Waals surface area contributed by atoms with Crippen molar-refractivity contribution < 1.29 is 4.74 Å². The highest BCUT2D eigenvalue weighted by Crippen LogP contribution is 2.32. The van der Waals surface area contributed by atoms with Crippen LogP contribution < -0.4 is 10.1 Å². The molecule has 2 rings (SSSR count). The molecule has 0 heterocycles. The van der Waals surface area contributed by atoms with Crippen LogP contribution in [0.4, 0.5) is 0 Å². The Balaban J connectivity index is 2.11. The maximum absolute atomic E-state index is 6.21. The van der Waals surface area contributed by atoms with Crippen LogP contribution in [-0.2, 0) is 6.54 Å². The fourth-order valence-corrected chi connectivity index (χ4v) is 2.45. The van der Waals surface area contributed by atoms with Gasteiger partial charge in [0.15, 0.2) is 0 Å². The molecule has 0 unspecified atom stereocenters. The number of rotatable bonds is 6. The summed E-state index contributed by atoms with van der Waals surface area (Å²) >= 11 is 6.21. The van der Waals surface area contributed by atoms with Crippen molar-refractivity contribution in [1.82, 2.24) is 5.32 Å². The lowest BCUT2D eigenvalue weighted by molar-refractivity contribution is 0.414. The summed E-state index contributed by atoms with van der Waals surface area (Å²) in [7, 11) is 1.66. The highest BCUT2D eigenvalue weighted by Gasteiger charge is 2.20. The Labute approximate surface area is 115 Å². The van der Waals surface area contributed by atoms with Crippen molar-refractivity contribution >= 4 is 11.6 Å². The van der Waals surface area contributed by atoms with Gasteiger partial charge in [0.05, 0.1) is 12.1 Å². The summed E-state index contributed by atoms with van der Waals surface area (Å²) in [5, 5.41) is 4.22. The molecule has 0 radical (unpaired) electrons. The highest BCUT2D eigenvalue weighted by atomic mass is 35.5. The molecule has 0 saturated heterocycles. The fourth-order valence-electron chi connectivity index (χ4n) is 2.19. The second-order valence-electron chi connectivity index (χ2n) is 5.41. The summed E-state index contributed by atoms with van der Waals surface area (Å²) in [6, 6.07) is 4.11. The molecule has 0 bridgehead atoms. The molecule has 0 aromatic heterocycles. The van der Waals surface area contributed by atoms with Crippen molar-refractivity contribution in [1.29, 1.82) is 0 Å². The Morgan fingerprint density at radius 2 is 2.11 bits per heavy atom. The van der Waals surface area contributed by atoms with Gasteiger partial charge in [-0.05, 0) is 54.5 Å². The molecule has 3 heteroatoms. The van der Waals surface area contributed by atoms with Gasteiger partial charge < -0.3 is 10.1 Å². The number of hydrogen-bond acceptors (Lipinski definition) is 2. The molecule has 0 atom stereocenters. The van der Waals surface area contributed by atoms with Gasteiger partial charge in [-0.15, -0.1) is 0 Å². The molecule has 0 spiro atoms. The third kappa shape index (κ3) is 3.39. The van der Waals surface area contributed by atoms with E-state index in [-0.39, 0.29) is 0 Å². The first-order valence-corrected chi connectivity index (χ1v) is 7.06. The van der Waals surface area contributed by atoms with Crippen LogP contribution in [0.5, 0.6) is 5.75 Å². The van der Waals surface area contributed by atoms with E-state index in [1.54, 1.807) is 7.11 Å². The van der Waals surface area contributed by atoms with Crippen LogP contribution in [0.1, 0.15) is 43.7 Å². The molecule has 1 saturated carbocycles. The molecule has 0 aliphatic heterocycles. The Bertz CT molecular complexity index is 413. The van der Waals surface area contributed by atoms with E-state index in [4.69, 9.17) is 16.3 Å². The molecule has 1 aliphatic rings. The molecule has 2 nitrogen and oxygen atoms in total. The molecular formula is C15H22ClNO. The zero-order chi connectivity index (χ0) is 13.1. The van der Waals surface area contributed by atoms with Gasteiger partial charge in [-0.2, -0.15) is 0 Å². The van der Waals surface area contributed by atoms with Crippen LogP contribution in [0, 0.1) is 5.92 Å². The van der Waals surface area contributed by atoms with E-state index < -0.39 is 0 Å². The van der Waals surface area contributed by atoms with E-state index in [1.807, 2.05) is 6.07 Å². The summed E-state index contributed by atoms with van der Waals surface area (Å²) < 4.78 is 5.29. The number of nitrogens with one attached hydrogen (secondary N) is 1. The molecule has 0 amide bonds.